The van der Waals surface area contributed by atoms with Gasteiger partial charge in [-0.05, 0) is 96.7 Å². The highest BCUT2D eigenvalue weighted by atomic mass is 19.3. The van der Waals surface area contributed by atoms with Crippen LogP contribution in [0, 0.1) is 46.6 Å². The third-order valence-electron chi connectivity index (χ3n) is 10.2. The second kappa shape index (κ2) is 17.7. The smallest absolute Gasteiger partial charge is 0.429 e. The number of hydrogen-bond donors (Lipinski definition) is 0. The molecule has 280 valence electrons. The van der Waals surface area contributed by atoms with Crippen molar-refractivity contribution in [1.29, 1.82) is 0 Å². The Hall–Kier alpha value is -3.95. The number of halogens is 9. The predicted octanol–water partition coefficient (Wildman–Crippen LogP) is 14.3. The summed E-state index contributed by atoms with van der Waals surface area (Å²) in [6.45, 7) is 2.22. The lowest BCUT2D eigenvalue weighted by Crippen LogP contribution is -2.25. The summed E-state index contributed by atoms with van der Waals surface area (Å²) in [5.74, 6) is -10.5. The van der Waals surface area contributed by atoms with Gasteiger partial charge < -0.3 is 4.74 Å². The van der Waals surface area contributed by atoms with Crippen LogP contribution >= 0.6 is 0 Å². The van der Waals surface area contributed by atoms with E-state index in [0.717, 1.165) is 43.4 Å². The molecule has 0 bridgehead atoms. The van der Waals surface area contributed by atoms with Crippen molar-refractivity contribution in [2.45, 2.75) is 109 Å². The Labute approximate surface area is 299 Å². The maximum atomic E-state index is 15.4. The maximum absolute atomic E-state index is 15.4. The molecule has 52 heavy (non-hydrogen) atoms. The number of hydrogen-bond acceptors (Lipinski definition) is 1. The first-order chi connectivity index (χ1) is 24.9. The van der Waals surface area contributed by atoms with Crippen LogP contribution in [0.4, 0.5) is 39.5 Å². The molecule has 1 nitrogen and oxygen atoms in total. The first-order valence-electron chi connectivity index (χ1n) is 18.2. The van der Waals surface area contributed by atoms with E-state index < -0.39 is 69.3 Å². The van der Waals surface area contributed by atoms with Crippen molar-refractivity contribution in [3.63, 3.8) is 0 Å². The molecule has 1 aliphatic rings. The highest BCUT2D eigenvalue weighted by Gasteiger charge is 2.41. The molecule has 0 saturated heterocycles. The van der Waals surface area contributed by atoms with Crippen molar-refractivity contribution in [3.05, 3.63) is 113 Å². The minimum absolute atomic E-state index is 0.159. The van der Waals surface area contributed by atoms with Crippen LogP contribution in [0.2, 0.25) is 0 Å². The SMILES string of the molecule is CCCCCCCCCCCC1CCC(c2ccc(-c3cc(F)c(C(F)(F)Oc4ccc(-c5cc(F)c(F)c(F)c5)c(F)c4)c(F)c3)c(F)c2)CC1. The van der Waals surface area contributed by atoms with Gasteiger partial charge in [-0.3, -0.25) is 0 Å². The Balaban J connectivity index is 1.18. The van der Waals surface area contributed by atoms with Gasteiger partial charge in [0.2, 0.25) is 0 Å². The summed E-state index contributed by atoms with van der Waals surface area (Å²) >= 11 is 0. The Morgan fingerprint density at radius 1 is 0.558 bits per heavy atom. The molecule has 0 radical (unpaired) electrons. The molecule has 10 heteroatoms. The second-order valence-electron chi connectivity index (χ2n) is 13.9. The summed E-state index contributed by atoms with van der Waals surface area (Å²) in [6, 6.07) is 8.67. The largest absolute Gasteiger partial charge is 0.432 e. The zero-order valence-corrected chi connectivity index (χ0v) is 29.1. The van der Waals surface area contributed by atoms with Crippen molar-refractivity contribution in [2.75, 3.05) is 0 Å². The van der Waals surface area contributed by atoms with Crippen LogP contribution in [0.5, 0.6) is 5.75 Å². The molecule has 0 N–H and O–H groups in total. The fourth-order valence-corrected chi connectivity index (χ4v) is 7.26. The third kappa shape index (κ3) is 9.72. The maximum Gasteiger partial charge on any atom is 0.432 e. The number of rotatable bonds is 16. The fourth-order valence-electron chi connectivity index (χ4n) is 7.26. The minimum Gasteiger partial charge on any atom is -0.429 e. The Morgan fingerprint density at radius 2 is 1.06 bits per heavy atom. The van der Waals surface area contributed by atoms with E-state index in [9.17, 15) is 17.6 Å². The van der Waals surface area contributed by atoms with Gasteiger partial charge in [-0.2, -0.15) is 8.78 Å². The monoisotopic (exact) mass is 734 g/mol. The van der Waals surface area contributed by atoms with Gasteiger partial charge in [0.25, 0.3) is 0 Å². The van der Waals surface area contributed by atoms with Gasteiger partial charge in [0.05, 0.1) is 0 Å². The van der Waals surface area contributed by atoms with Crippen LogP contribution in [0.3, 0.4) is 0 Å². The summed E-state index contributed by atoms with van der Waals surface area (Å²) in [4.78, 5) is 0. The first-order valence-corrected chi connectivity index (χ1v) is 18.2. The molecule has 0 atom stereocenters. The minimum atomic E-state index is -4.65. The first kappa shape index (κ1) is 39.3. The lowest BCUT2D eigenvalue weighted by Gasteiger charge is -2.29. The van der Waals surface area contributed by atoms with E-state index in [1.165, 1.54) is 76.3 Å². The number of alkyl halides is 2. The molecule has 1 aliphatic carbocycles. The molecular weight excluding hydrogens is 691 g/mol. The topological polar surface area (TPSA) is 9.23 Å². The number of benzene rings is 4. The molecule has 5 rings (SSSR count). The van der Waals surface area contributed by atoms with E-state index in [-0.39, 0.29) is 17.0 Å². The summed E-state index contributed by atoms with van der Waals surface area (Å²) in [7, 11) is 0. The van der Waals surface area contributed by atoms with E-state index in [2.05, 4.69) is 11.7 Å². The van der Waals surface area contributed by atoms with Crippen LogP contribution in [-0.4, -0.2) is 0 Å². The molecule has 0 heterocycles. The Kier molecular flexibility index (Phi) is 13.4. The van der Waals surface area contributed by atoms with Crippen LogP contribution in [0.15, 0.2) is 60.7 Å². The molecule has 0 amide bonds. The quantitative estimate of drug-likeness (QED) is 0.0633. The van der Waals surface area contributed by atoms with Crippen molar-refractivity contribution in [1.82, 2.24) is 0 Å². The van der Waals surface area contributed by atoms with Crippen LogP contribution in [-0.2, 0) is 6.11 Å². The number of unbranched alkanes of at least 4 members (excludes halogenated alkanes) is 8. The van der Waals surface area contributed by atoms with Crippen LogP contribution in [0.25, 0.3) is 22.3 Å². The van der Waals surface area contributed by atoms with Crippen LogP contribution < -0.4 is 4.74 Å². The molecule has 0 aliphatic heterocycles. The van der Waals surface area contributed by atoms with E-state index in [1.807, 2.05) is 0 Å². The third-order valence-corrected chi connectivity index (χ3v) is 10.2. The molecule has 1 fully saturated rings. The summed E-state index contributed by atoms with van der Waals surface area (Å²) in [5.41, 5.74) is -2.35. The molecule has 0 spiro atoms. The van der Waals surface area contributed by atoms with Crippen molar-refractivity contribution in [2.24, 2.45) is 5.92 Å². The Bertz CT molecular complexity index is 1770. The zero-order chi connectivity index (χ0) is 37.4. The van der Waals surface area contributed by atoms with Gasteiger partial charge in [0, 0.05) is 17.2 Å². The molecular formula is C42H43F9O. The second-order valence-corrected chi connectivity index (χ2v) is 13.9. The lowest BCUT2D eigenvalue weighted by molar-refractivity contribution is -0.189. The van der Waals surface area contributed by atoms with Gasteiger partial charge in [0.15, 0.2) is 17.5 Å². The summed E-state index contributed by atoms with van der Waals surface area (Å²) in [6.07, 6.45) is 12.2. The van der Waals surface area contributed by atoms with Gasteiger partial charge >= 0.3 is 6.11 Å². The average Bonchev–Trinajstić information content (AvgIpc) is 3.09. The molecule has 1 saturated carbocycles. The normalized spacial score (nSPS) is 16.3. The van der Waals surface area contributed by atoms with Crippen LogP contribution in [0.1, 0.15) is 114 Å². The molecule has 0 aromatic heterocycles. The van der Waals surface area contributed by atoms with Crippen molar-refractivity contribution in [3.8, 4) is 28.0 Å². The lowest BCUT2D eigenvalue weighted by atomic mass is 9.77. The fraction of sp³-hybridized carbons (Fsp3) is 0.429. The predicted molar refractivity (Wildman–Crippen MR) is 185 cm³/mol. The van der Waals surface area contributed by atoms with Gasteiger partial charge in [-0.1, -0.05) is 83.3 Å². The van der Waals surface area contributed by atoms with Gasteiger partial charge in [-0.25, -0.2) is 30.7 Å². The van der Waals surface area contributed by atoms with Crippen molar-refractivity contribution >= 4 is 0 Å². The molecule has 4 aromatic carbocycles. The molecule has 0 unspecified atom stereocenters. The average molecular weight is 735 g/mol. The Morgan fingerprint density at radius 3 is 1.60 bits per heavy atom. The standard InChI is InChI=1S/C42H43F9O/c1-2-3-4-5-6-7-8-9-10-11-26-12-14-27(15-13-26)28-16-18-32(34(43)20-28)29-21-36(45)40(37(46)22-29)42(50,51)52-31-17-19-33(35(44)25-31)30-23-38(47)41(49)39(48)24-30/h16-27H,2-15H2,1H3. The number of ether oxygens (including phenoxy) is 1. The van der Waals surface area contributed by atoms with E-state index in [0.29, 0.717) is 36.2 Å². The van der Waals surface area contributed by atoms with E-state index in [1.54, 1.807) is 6.07 Å². The van der Waals surface area contributed by atoms with Gasteiger partial charge in [-0.15, -0.1) is 0 Å². The van der Waals surface area contributed by atoms with E-state index >= 15 is 22.0 Å². The van der Waals surface area contributed by atoms with Crippen molar-refractivity contribution < 1.29 is 44.3 Å². The summed E-state index contributed by atoms with van der Waals surface area (Å²) < 4.78 is 136. The summed E-state index contributed by atoms with van der Waals surface area (Å²) in [5, 5.41) is 0. The highest BCUT2D eigenvalue weighted by Crippen LogP contribution is 2.41. The molecule has 4 aromatic rings. The highest BCUT2D eigenvalue weighted by molar-refractivity contribution is 5.66. The van der Waals surface area contributed by atoms with Gasteiger partial charge in [0.1, 0.15) is 34.6 Å². The zero-order valence-electron chi connectivity index (χ0n) is 29.1. The van der Waals surface area contributed by atoms with E-state index in [4.69, 9.17) is 0 Å².